The van der Waals surface area contributed by atoms with Gasteiger partial charge in [0.15, 0.2) is 6.10 Å². The number of halogens is 4. The van der Waals surface area contributed by atoms with Gasteiger partial charge in [0.05, 0.1) is 12.7 Å². The van der Waals surface area contributed by atoms with E-state index in [0.29, 0.717) is 16.9 Å². The fourth-order valence-electron chi connectivity index (χ4n) is 2.59. The summed E-state index contributed by atoms with van der Waals surface area (Å²) in [6, 6.07) is 6.97. The van der Waals surface area contributed by atoms with Crippen molar-refractivity contribution in [1.82, 2.24) is 5.32 Å². The molecule has 0 aliphatic rings. The van der Waals surface area contributed by atoms with Gasteiger partial charge in [-0.05, 0) is 25.1 Å². The fraction of sp³-hybridized carbons (Fsp3) is 0.263. The average molecular weight is 493 g/mol. The van der Waals surface area contributed by atoms with Crippen molar-refractivity contribution in [3.63, 3.8) is 0 Å². The molecule has 4 N–H and O–H groups in total. The summed E-state index contributed by atoms with van der Waals surface area (Å²) in [4.78, 5) is 12.6. The van der Waals surface area contributed by atoms with E-state index in [1.807, 2.05) is 0 Å². The highest BCUT2D eigenvalue weighted by atomic mass is 79.9. The Balaban J connectivity index is 0.00000420. The van der Waals surface area contributed by atoms with Crippen LogP contribution in [0.5, 0.6) is 5.75 Å². The molecular weight excluding hydrogens is 472 g/mol. The number of carbonyl (C=O) groups excluding carboxylic acids is 1. The Labute approximate surface area is 181 Å². The Morgan fingerprint density at radius 3 is 2.41 bits per heavy atom. The van der Waals surface area contributed by atoms with Crippen molar-refractivity contribution in [2.75, 3.05) is 13.7 Å². The lowest BCUT2D eigenvalue weighted by Crippen LogP contribution is -2.32. The zero-order valence-corrected chi connectivity index (χ0v) is 18.1. The van der Waals surface area contributed by atoms with Crippen molar-refractivity contribution in [3.8, 4) is 5.75 Å². The van der Waals surface area contributed by atoms with Crippen LogP contribution >= 0.6 is 28.3 Å². The number of hydrogen-bond donors (Lipinski definition) is 3. The Hall–Kier alpha value is -2.23. The summed E-state index contributed by atoms with van der Waals surface area (Å²) in [6.07, 6.45) is -1.44. The first-order valence-electron chi connectivity index (χ1n) is 8.33. The SMILES string of the molecule is CCOC(C(=O)NCc1ccc(C(=N)N)cc1OC)c1c(F)cc(Br)cc1F.Cl. The first-order chi connectivity index (χ1) is 13.3. The standard InChI is InChI=1S/C19H20BrF2N3O3.ClH/c1-3-28-17(16-13(21)7-12(20)8-14(16)22)19(26)25-9-11-5-4-10(18(23)24)6-15(11)27-2;/h4-8,17H,3,9H2,1-2H3,(H3,23,24)(H,25,26);1H. The summed E-state index contributed by atoms with van der Waals surface area (Å²) in [5, 5.41) is 10.1. The molecule has 0 aliphatic heterocycles. The molecule has 2 aromatic carbocycles. The number of rotatable bonds is 8. The van der Waals surface area contributed by atoms with Gasteiger partial charge in [-0.3, -0.25) is 10.2 Å². The Morgan fingerprint density at radius 2 is 1.90 bits per heavy atom. The summed E-state index contributed by atoms with van der Waals surface area (Å²) in [7, 11) is 1.44. The second kappa shape index (κ2) is 11.1. The van der Waals surface area contributed by atoms with Crippen LogP contribution in [0, 0.1) is 17.0 Å². The van der Waals surface area contributed by atoms with Crippen molar-refractivity contribution < 1.29 is 23.0 Å². The molecule has 0 aromatic heterocycles. The van der Waals surface area contributed by atoms with Crippen LogP contribution in [0.1, 0.15) is 29.7 Å². The topological polar surface area (TPSA) is 97.4 Å². The predicted octanol–water partition coefficient (Wildman–Crippen LogP) is 3.84. The highest BCUT2D eigenvalue weighted by molar-refractivity contribution is 9.10. The third kappa shape index (κ3) is 6.12. The highest BCUT2D eigenvalue weighted by Crippen LogP contribution is 2.28. The van der Waals surface area contributed by atoms with Crippen LogP contribution in [0.2, 0.25) is 0 Å². The van der Waals surface area contributed by atoms with E-state index in [9.17, 15) is 13.6 Å². The lowest BCUT2D eigenvalue weighted by Gasteiger charge is -2.19. The average Bonchev–Trinajstić information content (AvgIpc) is 2.64. The van der Waals surface area contributed by atoms with Gasteiger partial charge in [-0.15, -0.1) is 12.4 Å². The molecule has 0 bridgehead atoms. The third-order valence-corrected chi connectivity index (χ3v) is 4.39. The number of carbonyl (C=O) groups is 1. The van der Waals surface area contributed by atoms with Crippen molar-refractivity contribution in [1.29, 1.82) is 5.41 Å². The Bertz CT molecular complexity index is 876. The van der Waals surface area contributed by atoms with Gasteiger partial charge in [0.1, 0.15) is 23.2 Å². The molecule has 2 rings (SSSR count). The molecule has 10 heteroatoms. The van der Waals surface area contributed by atoms with Crippen LogP contribution in [0.25, 0.3) is 0 Å². The second-order valence-corrected chi connectivity index (χ2v) is 6.69. The van der Waals surface area contributed by atoms with E-state index in [2.05, 4.69) is 21.2 Å². The molecule has 0 saturated carbocycles. The quantitative estimate of drug-likeness (QED) is 0.385. The zero-order valence-electron chi connectivity index (χ0n) is 15.7. The first-order valence-corrected chi connectivity index (χ1v) is 9.12. The molecule has 6 nitrogen and oxygen atoms in total. The van der Waals surface area contributed by atoms with Gasteiger partial charge in [0.25, 0.3) is 5.91 Å². The lowest BCUT2D eigenvalue weighted by molar-refractivity contribution is -0.133. The van der Waals surface area contributed by atoms with Gasteiger partial charge < -0.3 is 20.5 Å². The summed E-state index contributed by atoms with van der Waals surface area (Å²) < 4.78 is 39.3. The molecule has 2 aromatic rings. The molecule has 1 atom stereocenters. The lowest BCUT2D eigenvalue weighted by atomic mass is 10.1. The second-order valence-electron chi connectivity index (χ2n) is 5.78. The minimum atomic E-state index is -1.44. The number of amides is 1. The van der Waals surface area contributed by atoms with Gasteiger partial charge in [0.2, 0.25) is 0 Å². The highest BCUT2D eigenvalue weighted by Gasteiger charge is 2.28. The summed E-state index contributed by atoms with van der Waals surface area (Å²) in [6.45, 7) is 1.74. The van der Waals surface area contributed by atoms with Gasteiger partial charge in [-0.2, -0.15) is 0 Å². The minimum Gasteiger partial charge on any atom is -0.496 e. The summed E-state index contributed by atoms with van der Waals surface area (Å²) >= 11 is 3.01. The molecule has 29 heavy (non-hydrogen) atoms. The molecule has 0 aliphatic carbocycles. The smallest absolute Gasteiger partial charge is 0.254 e. The molecule has 0 heterocycles. The maximum Gasteiger partial charge on any atom is 0.254 e. The van der Waals surface area contributed by atoms with E-state index in [1.54, 1.807) is 25.1 Å². The Morgan fingerprint density at radius 1 is 1.28 bits per heavy atom. The van der Waals surface area contributed by atoms with Crippen LogP contribution in [0.3, 0.4) is 0 Å². The van der Waals surface area contributed by atoms with Gasteiger partial charge >= 0.3 is 0 Å². The number of benzene rings is 2. The van der Waals surface area contributed by atoms with E-state index in [1.165, 1.54) is 7.11 Å². The van der Waals surface area contributed by atoms with Crippen molar-refractivity contribution in [2.45, 2.75) is 19.6 Å². The monoisotopic (exact) mass is 491 g/mol. The van der Waals surface area contributed by atoms with Gasteiger partial charge in [-0.1, -0.05) is 28.1 Å². The number of nitrogens with two attached hydrogens (primary N) is 1. The van der Waals surface area contributed by atoms with E-state index < -0.39 is 29.2 Å². The summed E-state index contributed by atoms with van der Waals surface area (Å²) in [5.41, 5.74) is 6.07. The molecule has 0 radical (unpaired) electrons. The number of methoxy groups -OCH3 is 1. The van der Waals surface area contributed by atoms with E-state index >= 15 is 0 Å². The summed E-state index contributed by atoms with van der Waals surface area (Å²) in [5.74, 6) is -2.17. The zero-order chi connectivity index (χ0) is 20.8. The van der Waals surface area contributed by atoms with Crippen molar-refractivity contribution in [3.05, 3.63) is 63.1 Å². The predicted molar refractivity (Wildman–Crippen MR) is 112 cm³/mol. The fourth-order valence-corrected chi connectivity index (χ4v) is 3.00. The van der Waals surface area contributed by atoms with E-state index in [-0.39, 0.29) is 35.9 Å². The number of nitrogen functional groups attached to an aromatic ring is 1. The third-order valence-electron chi connectivity index (χ3n) is 3.93. The molecule has 1 amide bonds. The maximum atomic E-state index is 14.3. The van der Waals surface area contributed by atoms with Crippen molar-refractivity contribution >= 4 is 40.1 Å². The van der Waals surface area contributed by atoms with Crippen molar-refractivity contribution in [2.24, 2.45) is 5.73 Å². The number of nitrogens with one attached hydrogen (secondary N) is 2. The van der Waals surface area contributed by atoms with Crippen LogP contribution < -0.4 is 15.8 Å². The number of hydrogen-bond acceptors (Lipinski definition) is 4. The molecular formula is C19H21BrClF2N3O3. The Kier molecular flexibility index (Phi) is 9.48. The largest absolute Gasteiger partial charge is 0.496 e. The molecule has 1 unspecified atom stereocenters. The normalized spacial score (nSPS) is 11.3. The number of ether oxygens (including phenoxy) is 2. The number of amidine groups is 1. The minimum absolute atomic E-state index is 0. The molecule has 0 saturated heterocycles. The molecule has 0 spiro atoms. The maximum absolute atomic E-state index is 14.3. The van der Waals surface area contributed by atoms with Crippen LogP contribution in [0.15, 0.2) is 34.8 Å². The van der Waals surface area contributed by atoms with E-state index in [0.717, 1.165) is 12.1 Å². The van der Waals surface area contributed by atoms with Gasteiger partial charge in [-0.25, -0.2) is 8.78 Å². The van der Waals surface area contributed by atoms with Crippen LogP contribution in [0.4, 0.5) is 8.78 Å². The van der Waals surface area contributed by atoms with Crippen LogP contribution in [-0.2, 0) is 16.1 Å². The van der Waals surface area contributed by atoms with Crippen LogP contribution in [-0.4, -0.2) is 25.5 Å². The van der Waals surface area contributed by atoms with E-state index in [4.69, 9.17) is 20.6 Å². The molecule has 158 valence electrons. The first kappa shape index (κ1) is 24.8. The van der Waals surface area contributed by atoms with Gasteiger partial charge in [0, 0.05) is 28.8 Å². The molecule has 0 fully saturated rings.